The van der Waals surface area contributed by atoms with Crippen molar-refractivity contribution in [3.8, 4) is 0 Å². The summed E-state index contributed by atoms with van der Waals surface area (Å²) in [6.07, 6.45) is 2.89. The molecule has 0 bridgehead atoms. The Bertz CT molecular complexity index is 615. The Morgan fingerprint density at radius 1 is 1.15 bits per heavy atom. The van der Waals surface area contributed by atoms with Crippen LogP contribution < -0.4 is 10.2 Å². The lowest BCUT2D eigenvalue weighted by Gasteiger charge is -2.34. The lowest BCUT2D eigenvalue weighted by atomic mass is 10.2. The van der Waals surface area contributed by atoms with Crippen LogP contribution in [0.3, 0.4) is 0 Å². The van der Waals surface area contributed by atoms with Crippen molar-refractivity contribution < 1.29 is 14.3 Å². The van der Waals surface area contributed by atoms with Crippen molar-refractivity contribution in [1.82, 2.24) is 20.2 Å². The number of amides is 2. The summed E-state index contributed by atoms with van der Waals surface area (Å²) in [5, 5.41) is 2.91. The Kier molecular flexibility index (Phi) is 7.62. The number of carbonyl (C=O) groups is 2. The van der Waals surface area contributed by atoms with Crippen LogP contribution in [-0.4, -0.2) is 66.2 Å². The van der Waals surface area contributed by atoms with E-state index in [0.717, 1.165) is 25.0 Å². The topological polar surface area (TPSA) is 87.7 Å². The molecule has 1 aliphatic rings. The lowest BCUT2D eigenvalue weighted by molar-refractivity contribution is 0.0947. The third-order valence-corrected chi connectivity index (χ3v) is 4.23. The minimum Gasteiger partial charge on any atom is -0.450 e. The van der Waals surface area contributed by atoms with Crippen LogP contribution in [0.5, 0.6) is 0 Å². The molecule has 2 rings (SSSR count). The summed E-state index contributed by atoms with van der Waals surface area (Å²) in [6, 6.07) is 1.70. The van der Waals surface area contributed by atoms with E-state index >= 15 is 0 Å². The molecule has 1 aliphatic heterocycles. The van der Waals surface area contributed by atoms with Gasteiger partial charge < -0.3 is 19.9 Å². The van der Waals surface area contributed by atoms with E-state index in [1.165, 1.54) is 0 Å². The predicted octanol–water partition coefficient (Wildman–Crippen LogP) is 1.98. The first-order chi connectivity index (χ1) is 12.5. The van der Waals surface area contributed by atoms with Gasteiger partial charge in [-0.15, -0.1) is 0 Å². The molecule has 1 fully saturated rings. The number of aromatic nitrogens is 2. The monoisotopic (exact) mass is 363 g/mol. The average Bonchev–Trinajstić information content (AvgIpc) is 2.65. The van der Waals surface area contributed by atoms with Crippen LogP contribution in [0.4, 0.5) is 10.7 Å². The fraction of sp³-hybridized carbons (Fsp3) is 0.667. The number of carbonyl (C=O) groups excluding carboxylic acids is 2. The normalized spacial score (nSPS) is 14.3. The smallest absolute Gasteiger partial charge is 0.409 e. The van der Waals surface area contributed by atoms with Crippen molar-refractivity contribution in [2.24, 2.45) is 0 Å². The van der Waals surface area contributed by atoms with E-state index in [4.69, 9.17) is 4.74 Å². The molecular formula is C18H29N5O3. The molecule has 0 saturated carbocycles. The van der Waals surface area contributed by atoms with Crippen molar-refractivity contribution in [2.75, 3.05) is 44.2 Å². The summed E-state index contributed by atoms with van der Waals surface area (Å²) in [7, 11) is 0. The molecule has 26 heavy (non-hydrogen) atoms. The van der Waals surface area contributed by atoms with E-state index in [-0.39, 0.29) is 12.0 Å². The van der Waals surface area contributed by atoms with Crippen LogP contribution in [0.15, 0.2) is 6.07 Å². The van der Waals surface area contributed by atoms with Gasteiger partial charge in [0.15, 0.2) is 0 Å². The molecule has 1 aromatic rings. The summed E-state index contributed by atoms with van der Waals surface area (Å²) in [5.74, 6) is 0.366. The maximum atomic E-state index is 12.3. The molecule has 2 amide bonds. The Morgan fingerprint density at radius 3 is 2.54 bits per heavy atom. The van der Waals surface area contributed by atoms with Crippen molar-refractivity contribution in [2.45, 2.75) is 40.0 Å². The zero-order valence-corrected chi connectivity index (χ0v) is 16.0. The van der Waals surface area contributed by atoms with Crippen LogP contribution in [0.2, 0.25) is 0 Å². The second-order valence-corrected chi connectivity index (χ2v) is 6.33. The van der Waals surface area contributed by atoms with Gasteiger partial charge in [0.25, 0.3) is 5.91 Å². The predicted molar refractivity (Wildman–Crippen MR) is 99.4 cm³/mol. The standard InChI is InChI=1S/C18H29N5O3/c1-4-6-7-8-19-16(24)15-13-14(3)20-17(21-15)22-9-11-23(12-10-22)18(25)26-5-2/h13H,4-12H2,1-3H3,(H,19,24). The van der Waals surface area contributed by atoms with Gasteiger partial charge in [-0.2, -0.15) is 0 Å². The van der Waals surface area contributed by atoms with Gasteiger partial charge in [-0.05, 0) is 26.3 Å². The van der Waals surface area contributed by atoms with Crippen LogP contribution >= 0.6 is 0 Å². The average molecular weight is 363 g/mol. The van der Waals surface area contributed by atoms with Crippen LogP contribution in [-0.2, 0) is 4.74 Å². The van der Waals surface area contributed by atoms with Crippen LogP contribution in [0, 0.1) is 6.92 Å². The molecule has 2 heterocycles. The number of ether oxygens (including phenoxy) is 1. The molecule has 0 radical (unpaired) electrons. The largest absolute Gasteiger partial charge is 0.450 e. The van der Waals surface area contributed by atoms with E-state index in [2.05, 4.69) is 22.2 Å². The fourth-order valence-corrected chi connectivity index (χ4v) is 2.78. The third kappa shape index (κ3) is 5.57. The van der Waals surface area contributed by atoms with E-state index in [1.54, 1.807) is 17.9 Å². The van der Waals surface area contributed by atoms with Gasteiger partial charge in [0.2, 0.25) is 5.95 Å². The highest BCUT2D eigenvalue weighted by atomic mass is 16.6. The van der Waals surface area contributed by atoms with Crippen molar-refractivity contribution in [3.63, 3.8) is 0 Å². The quantitative estimate of drug-likeness (QED) is 0.746. The highest BCUT2D eigenvalue weighted by molar-refractivity contribution is 5.92. The molecule has 8 heteroatoms. The Labute approximate surface area is 154 Å². The van der Waals surface area contributed by atoms with Gasteiger partial charge in [-0.1, -0.05) is 19.8 Å². The van der Waals surface area contributed by atoms with E-state index < -0.39 is 0 Å². The number of piperazine rings is 1. The first kappa shape index (κ1) is 19.9. The van der Waals surface area contributed by atoms with Crippen molar-refractivity contribution in [1.29, 1.82) is 0 Å². The molecule has 0 aliphatic carbocycles. The second kappa shape index (κ2) is 9.94. The number of anilines is 1. The highest BCUT2D eigenvalue weighted by Gasteiger charge is 2.24. The van der Waals surface area contributed by atoms with Gasteiger partial charge in [0, 0.05) is 38.4 Å². The summed E-state index contributed by atoms with van der Waals surface area (Å²) in [5.41, 5.74) is 1.14. The maximum Gasteiger partial charge on any atom is 0.409 e. The maximum absolute atomic E-state index is 12.3. The van der Waals surface area contributed by atoms with E-state index in [0.29, 0.717) is 51.0 Å². The number of aryl methyl sites for hydroxylation is 1. The molecule has 1 saturated heterocycles. The molecule has 0 aromatic carbocycles. The fourth-order valence-electron chi connectivity index (χ4n) is 2.78. The molecular weight excluding hydrogens is 334 g/mol. The molecule has 8 nitrogen and oxygen atoms in total. The minimum absolute atomic E-state index is 0.169. The number of rotatable bonds is 7. The van der Waals surface area contributed by atoms with Crippen molar-refractivity contribution >= 4 is 17.9 Å². The van der Waals surface area contributed by atoms with E-state index in [9.17, 15) is 9.59 Å². The summed E-state index contributed by atoms with van der Waals surface area (Å²) in [6.45, 7) is 9.13. The zero-order valence-electron chi connectivity index (χ0n) is 16.0. The molecule has 144 valence electrons. The van der Waals surface area contributed by atoms with Gasteiger partial charge >= 0.3 is 6.09 Å². The number of nitrogens with zero attached hydrogens (tertiary/aromatic N) is 4. The highest BCUT2D eigenvalue weighted by Crippen LogP contribution is 2.14. The van der Waals surface area contributed by atoms with Gasteiger partial charge in [0.1, 0.15) is 5.69 Å². The van der Waals surface area contributed by atoms with Crippen LogP contribution in [0.25, 0.3) is 0 Å². The second-order valence-electron chi connectivity index (χ2n) is 6.33. The van der Waals surface area contributed by atoms with E-state index in [1.807, 2.05) is 11.8 Å². The van der Waals surface area contributed by atoms with Gasteiger partial charge in [-0.25, -0.2) is 14.8 Å². The molecule has 1 N–H and O–H groups in total. The number of unbranched alkanes of at least 4 members (excludes halogenated alkanes) is 2. The Morgan fingerprint density at radius 2 is 1.88 bits per heavy atom. The minimum atomic E-state index is -0.288. The van der Waals surface area contributed by atoms with Crippen LogP contribution in [0.1, 0.15) is 49.3 Å². The van der Waals surface area contributed by atoms with Gasteiger partial charge in [-0.3, -0.25) is 4.79 Å². The molecule has 1 aromatic heterocycles. The molecule has 0 spiro atoms. The Hall–Kier alpha value is -2.38. The molecule has 0 atom stereocenters. The first-order valence-corrected chi connectivity index (χ1v) is 9.35. The number of hydrogen-bond acceptors (Lipinski definition) is 6. The summed E-state index contributed by atoms with van der Waals surface area (Å²) < 4.78 is 5.03. The number of nitrogens with one attached hydrogen (secondary N) is 1. The summed E-state index contributed by atoms with van der Waals surface area (Å²) in [4.78, 5) is 36.7. The third-order valence-electron chi connectivity index (χ3n) is 4.23. The van der Waals surface area contributed by atoms with Gasteiger partial charge in [0.05, 0.1) is 6.61 Å². The lowest BCUT2D eigenvalue weighted by Crippen LogP contribution is -2.49. The summed E-state index contributed by atoms with van der Waals surface area (Å²) >= 11 is 0. The molecule has 0 unspecified atom stereocenters. The zero-order chi connectivity index (χ0) is 18.9. The Balaban J connectivity index is 1.97. The number of hydrogen-bond donors (Lipinski definition) is 1. The first-order valence-electron chi connectivity index (χ1n) is 9.35. The SMILES string of the molecule is CCCCCNC(=O)c1cc(C)nc(N2CCN(C(=O)OCC)CC2)n1. The van der Waals surface area contributed by atoms with Crippen molar-refractivity contribution in [3.05, 3.63) is 17.5 Å².